The van der Waals surface area contributed by atoms with Crippen LogP contribution in [0, 0.1) is 0 Å². The van der Waals surface area contributed by atoms with Gasteiger partial charge in [-0.05, 0) is 0 Å². The quantitative estimate of drug-likeness (QED) is 0.333. The van der Waals surface area contributed by atoms with Gasteiger partial charge in [0.15, 0.2) is 0 Å². The Bertz CT molecular complexity index is 197. The molecular weight excluding hydrogens is 208 g/mol. The minimum atomic E-state index is -2.45. The Morgan fingerprint density at radius 3 is 2.58 bits per heavy atom. The molecule has 0 aromatic rings. The van der Waals surface area contributed by atoms with Crippen molar-refractivity contribution in [1.29, 1.82) is 0 Å². The third-order valence-corrected chi connectivity index (χ3v) is 1.29. The second kappa shape index (κ2) is 4.51. The molecule has 1 atom stereocenters. The summed E-state index contributed by atoms with van der Waals surface area (Å²) in [5, 5.41) is 8.31. The van der Waals surface area contributed by atoms with Crippen LogP contribution in [0.2, 0.25) is 0 Å². The molecule has 0 aliphatic rings. The lowest BCUT2D eigenvalue weighted by Crippen LogP contribution is -2.52. The maximum Gasteiger partial charge on any atom is 0.388 e. The lowest BCUT2D eigenvalue weighted by atomic mass is 10.5. The molecule has 0 spiro atoms. The molecule has 0 radical (unpaired) electrons. The average molecular weight is 215 g/mol. The number of amides is 1. The van der Waals surface area contributed by atoms with Gasteiger partial charge < -0.3 is 20.4 Å². The van der Waals surface area contributed by atoms with Crippen LogP contribution < -0.4 is 11.1 Å². The highest BCUT2D eigenvalue weighted by Crippen LogP contribution is 2.08. The Morgan fingerprint density at radius 1 is 1.75 bits per heavy atom. The van der Waals surface area contributed by atoms with Crippen LogP contribution in [0.5, 0.6) is 0 Å². The normalized spacial score (nSPS) is 14.7. The molecule has 0 heterocycles. The Kier molecular flexibility index (Phi) is 4.32. The summed E-state index contributed by atoms with van der Waals surface area (Å²) in [5.41, 5.74) is 4.88. The van der Waals surface area contributed by atoms with Gasteiger partial charge in [0.05, 0.1) is 6.54 Å². The fourth-order valence-corrected chi connectivity index (χ4v) is 0.686. The second-order valence-corrected chi connectivity index (χ2v) is 2.59. The number of carbonyl (C=O) groups excluding carboxylic acids is 2. The lowest BCUT2D eigenvalue weighted by Gasteiger charge is -2.18. The van der Waals surface area contributed by atoms with Crippen LogP contribution in [0.15, 0.2) is 0 Å². The van der Waals surface area contributed by atoms with Crippen LogP contribution in [0.4, 0.5) is 0 Å². The first-order valence-electron chi connectivity index (χ1n) is 2.73. The summed E-state index contributed by atoms with van der Waals surface area (Å²) in [4.78, 5) is 21.1. The van der Waals surface area contributed by atoms with Gasteiger partial charge in [0.2, 0.25) is 5.91 Å². The zero-order chi connectivity index (χ0) is 9.78. The number of carbonyl (C=O) groups is 2. The molecule has 12 heavy (non-hydrogen) atoms. The van der Waals surface area contributed by atoms with Crippen molar-refractivity contribution in [2.75, 3.05) is 6.54 Å². The minimum Gasteiger partial charge on any atom is -0.354 e. The predicted octanol–water partition coefficient (Wildman–Crippen LogP) is -1.67. The molecule has 0 aliphatic carbocycles. The zero-order valence-corrected chi connectivity index (χ0v) is 7.43. The number of rotatable bonds is 3. The summed E-state index contributed by atoms with van der Waals surface area (Å²) in [5.74, 6) is -2.08. The van der Waals surface area contributed by atoms with Crippen molar-refractivity contribution in [3.8, 4) is 0 Å². The van der Waals surface area contributed by atoms with Gasteiger partial charge in [0, 0.05) is 0 Å². The summed E-state index contributed by atoms with van der Waals surface area (Å²) in [6, 6.07) is 0. The molecule has 0 fully saturated rings. The first-order chi connectivity index (χ1) is 5.44. The van der Waals surface area contributed by atoms with Crippen LogP contribution in [0.25, 0.3) is 0 Å². The van der Waals surface area contributed by atoms with E-state index >= 15 is 0 Å². The van der Waals surface area contributed by atoms with Gasteiger partial charge in [-0.2, -0.15) is 0 Å². The Labute approximate surface area is 78.6 Å². The fraction of sp³-hybridized carbons (Fsp3) is 0.500. The standard InChI is InChI=1S/C4H7ClN2O4S/c5-11-3(9)4(10,12)7-2(8)1-6/h10,12H,1,6H2,(H,7,8). The van der Waals surface area contributed by atoms with Crippen LogP contribution in [-0.4, -0.2) is 28.6 Å². The smallest absolute Gasteiger partial charge is 0.354 e. The highest BCUT2D eigenvalue weighted by molar-refractivity contribution is 7.82. The Balaban J connectivity index is 4.21. The Morgan fingerprint density at radius 2 is 2.25 bits per heavy atom. The molecule has 6 nitrogen and oxygen atoms in total. The highest BCUT2D eigenvalue weighted by Gasteiger charge is 2.35. The molecule has 70 valence electrons. The third-order valence-electron chi connectivity index (χ3n) is 0.854. The van der Waals surface area contributed by atoms with E-state index in [1.807, 2.05) is 0 Å². The zero-order valence-electron chi connectivity index (χ0n) is 5.78. The van der Waals surface area contributed by atoms with Crippen molar-refractivity contribution in [2.24, 2.45) is 5.73 Å². The molecule has 1 amide bonds. The van der Waals surface area contributed by atoms with Gasteiger partial charge in [-0.15, -0.1) is 12.6 Å². The number of hydrogen-bond donors (Lipinski definition) is 4. The highest BCUT2D eigenvalue weighted by atomic mass is 35.5. The van der Waals surface area contributed by atoms with E-state index in [0.717, 1.165) is 0 Å². The molecular formula is C4H7ClN2O4S. The van der Waals surface area contributed by atoms with Crippen molar-refractivity contribution in [1.82, 2.24) is 5.32 Å². The van der Waals surface area contributed by atoms with Crippen LogP contribution in [0.3, 0.4) is 0 Å². The Hall–Kier alpha value is -0.500. The van der Waals surface area contributed by atoms with Gasteiger partial charge >= 0.3 is 5.97 Å². The summed E-state index contributed by atoms with van der Waals surface area (Å²) in [6.07, 6.45) is 0. The molecule has 0 aromatic carbocycles. The number of thiol groups is 1. The van der Waals surface area contributed by atoms with Crippen molar-refractivity contribution in [3.63, 3.8) is 0 Å². The maximum atomic E-state index is 10.6. The van der Waals surface area contributed by atoms with Crippen molar-refractivity contribution in [3.05, 3.63) is 0 Å². The van der Waals surface area contributed by atoms with Gasteiger partial charge in [-0.1, -0.05) is 0 Å². The van der Waals surface area contributed by atoms with Crippen LogP contribution in [0.1, 0.15) is 0 Å². The summed E-state index contributed by atoms with van der Waals surface area (Å²) in [7, 11) is 0. The van der Waals surface area contributed by atoms with E-state index in [-0.39, 0.29) is 0 Å². The number of hydrogen-bond acceptors (Lipinski definition) is 6. The molecule has 0 rings (SSSR count). The molecule has 4 N–H and O–H groups in total. The summed E-state index contributed by atoms with van der Waals surface area (Å²) >= 11 is 7.99. The average Bonchev–Trinajstić information content (AvgIpc) is 2.02. The SMILES string of the molecule is NCC(=O)NC(O)(S)C(=O)OCl. The first kappa shape index (κ1) is 11.5. The molecule has 8 heteroatoms. The molecule has 0 aromatic heterocycles. The van der Waals surface area contributed by atoms with E-state index in [0.29, 0.717) is 0 Å². The molecule has 0 bridgehead atoms. The fourth-order valence-electron chi connectivity index (χ4n) is 0.350. The molecule has 0 saturated carbocycles. The van der Waals surface area contributed by atoms with E-state index in [1.165, 1.54) is 0 Å². The molecule has 1 unspecified atom stereocenters. The molecule has 0 saturated heterocycles. The van der Waals surface area contributed by atoms with Gasteiger partial charge in [-0.25, -0.2) is 4.79 Å². The van der Waals surface area contributed by atoms with Crippen LogP contribution in [-0.2, 0) is 13.9 Å². The number of aliphatic hydroxyl groups is 1. The summed E-state index contributed by atoms with van der Waals surface area (Å²) < 4.78 is 3.61. The largest absolute Gasteiger partial charge is 0.388 e. The number of nitrogens with one attached hydrogen (secondary N) is 1. The van der Waals surface area contributed by atoms with Crippen molar-refractivity contribution >= 4 is 36.4 Å². The molecule has 0 aliphatic heterocycles. The van der Waals surface area contributed by atoms with Gasteiger partial charge in [0.25, 0.3) is 5.06 Å². The van der Waals surface area contributed by atoms with E-state index in [2.05, 4.69) is 28.8 Å². The topological polar surface area (TPSA) is 102 Å². The first-order valence-corrected chi connectivity index (χ1v) is 3.48. The van der Waals surface area contributed by atoms with E-state index in [9.17, 15) is 9.59 Å². The summed E-state index contributed by atoms with van der Waals surface area (Å²) in [6.45, 7) is -0.390. The third kappa shape index (κ3) is 3.26. The minimum absolute atomic E-state index is 0.390. The van der Waals surface area contributed by atoms with Crippen molar-refractivity contribution in [2.45, 2.75) is 5.06 Å². The second-order valence-electron chi connectivity index (χ2n) is 1.79. The van der Waals surface area contributed by atoms with Gasteiger partial charge in [0.1, 0.15) is 11.9 Å². The van der Waals surface area contributed by atoms with E-state index < -0.39 is 23.5 Å². The van der Waals surface area contributed by atoms with Crippen molar-refractivity contribution < 1.29 is 19.0 Å². The predicted molar refractivity (Wildman–Crippen MR) is 43.1 cm³/mol. The van der Waals surface area contributed by atoms with E-state index in [4.69, 9.17) is 10.8 Å². The number of nitrogens with two attached hydrogens (primary N) is 1. The number of halogens is 1. The monoisotopic (exact) mass is 214 g/mol. The maximum absolute atomic E-state index is 10.6. The van der Waals surface area contributed by atoms with Crippen LogP contribution >= 0.6 is 24.5 Å². The van der Waals surface area contributed by atoms with Gasteiger partial charge in [-0.3, -0.25) is 4.79 Å². The lowest BCUT2D eigenvalue weighted by molar-refractivity contribution is -0.151. The van der Waals surface area contributed by atoms with E-state index in [1.54, 1.807) is 5.32 Å².